The van der Waals surface area contributed by atoms with E-state index >= 15 is 0 Å². The molecule has 0 radical (unpaired) electrons. The smallest absolute Gasteiger partial charge is 0.246 e. The predicted molar refractivity (Wildman–Crippen MR) is 149 cm³/mol. The second-order valence-electron chi connectivity index (χ2n) is 9.96. The zero-order valence-electron chi connectivity index (χ0n) is 22.9. The van der Waals surface area contributed by atoms with Crippen molar-refractivity contribution in [3.05, 3.63) is 83.0 Å². The normalized spacial score (nSPS) is 18.4. The van der Waals surface area contributed by atoms with Crippen LogP contribution in [0.3, 0.4) is 0 Å². The number of nitrogens with zero attached hydrogens (tertiary/aromatic N) is 2. The third-order valence-corrected chi connectivity index (χ3v) is 7.87. The van der Waals surface area contributed by atoms with Crippen molar-refractivity contribution in [1.82, 2.24) is 14.8 Å². The van der Waals surface area contributed by atoms with E-state index in [2.05, 4.69) is 11.1 Å². The Hall–Kier alpha value is -4.66. The molecule has 3 heterocycles. The van der Waals surface area contributed by atoms with Crippen LogP contribution in [0.25, 0.3) is 10.9 Å². The van der Waals surface area contributed by atoms with Crippen molar-refractivity contribution >= 4 is 22.7 Å². The zero-order chi connectivity index (χ0) is 28.0. The molecule has 1 aromatic heterocycles. The summed E-state index contributed by atoms with van der Waals surface area (Å²) in [7, 11) is 6.26. The highest BCUT2D eigenvalue weighted by atomic mass is 16.5. The minimum Gasteiger partial charge on any atom is -0.496 e. The Morgan fingerprint density at radius 3 is 2.23 bits per heavy atom. The molecule has 2 atom stereocenters. The lowest BCUT2D eigenvalue weighted by molar-refractivity contribution is -0.159. The van der Waals surface area contributed by atoms with Crippen LogP contribution in [0.15, 0.2) is 60.7 Å². The van der Waals surface area contributed by atoms with Crippen LogP contribution < -0.4 is 18.9 Å². The van der Waals surface area contributed by atoms with Gasteiger partial charge in [-0.1, -0.05) is 36.4 Å². The molecule has 0 saturated carbocycles. The number of hydrogen-bond acceptors (Lipinski definition) is 6. The number of aromatic nitrogens is 1. The van der Waals surface area contributed by atoms with E-state index in [-0.39, 0.29) is 24.9 Å². The number of ether oxygens (including phenoxy) is 4. The number of piperazine rings is 1. The van der Waals surface area contributed by atoms with Crippen molar-refractivity contribution in [3.63, 3.8) is 0 Å². The molecule has 3 aromatic carbocycles. The van der Waals surface area contributed by atoms with Crippen molar-refractivity contribution in [2.45, 2.75) is 25.0 Å². The summed E-state index contributed by atoms with van der Waals surface area (Å²) in [5.74, 6) is 1.89. The number of rotatable bonds is 7. The Morgan fingerprint density at radius 1 is 0.850 bits per heavy atom. The molecule has 6 rings (SSSR count). The number of carbonyl (C=O) groups is 2. The molecule has 2 aliphatic heterocycles. The van der Waals surface area contributed by atoms with Gasteiger partial charge in [-0.05, 0) is 35.4 Å². The van der Waals surface area contributed by atoms with E-state index in [1.165, 1.54) is 0 Å². The van der Waals surface area contributed by atoms with Gasteiger partial charge in [0, 0.05) is 35.1 Å². The molecular weight excluding hydrogens is 510 g/mol. The van der Waals surface area contributed by atoms with Gasteiger partial charge in [0.05, 0.1) is 28.4 Å². The SMILES string of the molecule is COc1ccccc1[C@@H]1c2[nH]c3ccccc3c2C[C@H]2C(=O)N(Cc3cc(OC)c(OC)c(OC)c3)CC(=O)N12. The highest BCUT2D eigenvalue weighted by molar-refractivity contribution is 5.97. The summed E-state index contributed by atoms with van der Waals surface area (Å²) in [6, 6.07) is 18.2. The third kappa shape index (κ3) is 4.00. The van der Waals surface area contributed by atoms with Crippen LogP contribution in [0.5, 0.6) is 23.0 Å². The second-order valence-corrected chi connectivity index (χ2v) is 9.96. The van der Waals surface area contributed by atoms with Crippen molar-refractivity contribution < 1.29 is 28.5 Å². The van der Waals surface area contributed by atoms with Crippen molar-refractivity contribution in [1.29, 1.82) is 0 Å². The summed E-state index contributed by atoms with van der Waals surface area (Å²) in [5.41, 5.74) is 4.54. The number of benzene rings is 3. The first-order valence-corrected chi connectivity index (χ1v) is 13.1. The summed E-state index contributed by atoms with van der Waals surface area (Å²) in [5, 5.41) is 1.05. The number of amides is 2. The topological polar surface area (TPSA) is 93.3 Å². The Morgan fingerprint density at radius 2 is 1.52 bits per heavy atom. The molecule has 4 aromatic rings. The molecule has 2 aliphatic rings. The summed E-state index contributed by atoms with van der Waals surface area (Å²) >= 11 is 0. The van der Waals surface area contributed by atoms with Crippen LogP contribution in [0.1, 0.15) is 28.4 Å². The van der Waals surface area contributed by atoms with Crippen LogP contribution in [0.2, 0.25) is 0 Å². The fraction of sp³-hybridized carbons (Fsp3) is 0.290. The van der Waals surface area contributed by atoms with Crippen LogP contribution in [-0.2, 0) is 22.6 Å². The average Bonchev–Trinajstić information content (AvgIpc) is 3.36. The lowest BCUT2D eigenvalue weighted by atomic mass is 9.85. The lowest BCUT2D eigenvalue weighted by Crippen LogP contribution is -2.62. The van der Waals surface area contributed by atoms with Crippen molar-refractivity contribution in [3.8, 4) is 23.0 Å². The fourth-order valence-electron chi connectivity index (χ4n) is 6.12. The Balaban J connectivity index is 1.42. The van der Waals surface area contributed by atoms with Gasteiger partial charge in [-0.2, -0.15) is 0 Å². The van der Waals surface area contributed by atoms with Gasteiger partial charge in [0.2, 0.25) is 17.6 Å². The standard InChI is InChI=1S/C31H31N3O6/c1-37-24-12-8-6-10-20(24)29-28-21(19-9-5-7-11-22(19)32-28)15-23-31(36)33(17-27(35)34(23)29)16-18-13-25(38-2)30(40-4)26(14-18)39-3/h5-14,23,29,32H,15-17H2,1-4H3/t23-,29+/m0/s1. The van der Waals surface area contributed by atoms with E-state index in [0.29, 0.717) is 29.4 Å². The van der Waals surface area contributed by atoms with E-state index in [1.54, 1.807) is 38.2 Å². The maximum atomic E-state index is 14.1. The molecule has 1 N–H and O–H groups in total. The van der Waals surface area contributed by atoms with Crippen LogP contribution >= 0.6 is 0 Å². The molecule has 9 nitrogen and oxygen atoms in total. The van der Waals surface area contributed by atoms with Gasteiger partial charge in [-0.3, -0.25) is 9.59 Å². The van der Waals surface area contributed by atoms with E-state index < -0.39 is 12.1 Å². The highest BCUT2D eigenvalue weighted by Crippen LogP contribution is 2.45. The van der Waals surface area contributed by atoms with Gasteiger partial charge in [-0.25, -0.2) is 0 Å². The van der Waals surface area contributed by atoms with Crippen molar-refractivity contribution in [2.75, 3.05) is 35.0 Å². The zero-order valence-corrected chi connectivity index (χ0v) is 22.9. The number of hydrogen-bond donors (Lipinski definition) is 1. The Bertz CT molecular complexity index is 1590. The number of H-pyrrole nitrogens is 1. The molecule has 0 bridgehead atoms. The van der Waals surface area contributed by atoms with Crippen LogP contribution in [0, 0.1) is 0 Å². The van der Waals surface area contributed by atoms with Crippen LogP contribution in [-0.4, -0.2) is 67.6 Å². The van der Waals surface area contributed by atoms with E-state index in [4.69, 9.17) is 18.9 Å². The van der Waals surface area contributed by atoms with E-state index in [9.17, 15) is 9.59 Å². The Kier molecular flexibility index (Phi) is 6.50. The molecule has 0 spiro atoms. The highest BCUT2D eigenvalue weighted by Gasteiger charge is 2.48. The van der Waals surface area contributed by atoms with Gasteiger partial charge >= 0.3 is 0 Å². The lowest BCUT2D eigenvalue weighted by Gasteiger charge is -2.47. The summed E-state index contributed by atoms with van der Waals surface area (Å²) in [4.78, 5) is 35.0. The number of methoxy groups -OCH3 is 4. The van der Waals surface area contributed by atoms with Gasteiger partial charge in [0.25, 0.3) is 0 Å². The van der Waals surface area contributed by atoms with E-state index in [0.717, 1.165) is 33.3 Å². The summed E-state index contributed by atoms with van der Waals surface area (Å²) in [6.45, 7) is 0.179. The number of nitrogens with one attached hydrogen (secondary N) is 1. The second kappa shape index (κ2) is 10.1. The molecule has 1 saturated heterocycles. The summed E-state index contributed by atoms with van der Waals surface area (Å²) < 4.78 is 22.2. The minimum absolute atomic E-state index is 0.0484. The van der Waals surface area contributed by atoms with Gasteiger partial charge in [0.1, 0.15) is 24.4 Å². The molecule has 40 heavy (non-hydrogen) atoms. The maximum absolute atomic E-state index is 14.1. The fourth-order valence-corrected chi connectivity index (χ4v) is 6.12. The number of aromatic amines is 1. The van der Waals surface area contributed by atoms with Gasteiger partial charge in [0.15, 0.2) is 11.5 Å². The van der Waals surface area contributed by atoms with Gasteiger partial charge < -0.3 is 33.7 Å². The molecule has 9 heteroatoms. The molecule has 206 valence electrons. The Labute approximate surface area is 232 Å². The first-order chi connectivity index (χ1) is 19.5. The molecular formula is C31H31N3O6. The molecule has 2 amide bonds. The first kappa shape index (κ1) is 25.6. The molecule has 1 fully saturated rings. The van der Waals surface area contributed by atoms with Gasteiger partial charge in [-0.15, -0.1) is 0 Å². The average molecular weight is 542 g/mol. The monoisotopic (exact) mass is 541 g/mol. The minimum atomic E-state index is -0.662. The summed E-state index contributed by atoms with van der Waals surface area (Å²) in [6.07, 6.45) is 0.418. The predicted octanol–water partition coefficient (Wildman–Crippen LogP) is 4.09. The maximum Gasteiger partial charge on any atom is 0.246 e. The third-order valence-electron chi connectivity index (χ3n) is 7.87. The molecule has 0 unspecified atom stereocenters. The molecule has 0 aliphatic carbocycles. The number of fused-ring (bicyclic) bond motifs is 4. The van der Waals surface area contributed by atoms with Crippen LogP contribution in [0.4, 0.5) is 0 Å². The van der Waals surface area contributed by atoms with E-state index in [1.807, 2.05) is 54.6 Å². The number of para-hydroxylation sites is 2. The number of carbonyl (C=O) groups excluding carboxylic acids is 2. The van der Waals surface area contributed by atoms with Crippen molar-refractivity contribution in [2.24, 2.45) is 0 Å². The quantitative estimate of drug-likeness (QED) is 0.379. The first-order valence-electron chi connectivity index (χ1n) is 13.1. The largest absolute Gasteiger partial charge is 0.496 e.